The van der Waals surface area contributed by atoms with Gasteiger partial charge in [0.05, 0.1) is 19.4 Å². The van der Waals surface area contributed by atoms with Crippen LogP contribution in [-0.2, 0) is 32.0 Å². The average Bonchev–Trinajstić information content (AvgIpc) is 3.49. The number of hydrogen-bond donors (Lipinski definition) is 4. The molecule has 0 spiro atoms. The molecule has 1 fully saturated rings. The van der Waals surface area contributed by atoms with Gasteiger partial charge in [-0.1, -0.05) is 30.3 Å². The number of aliphatic carboxylic acids is 1. The van der Waals surface area contributed by atoms with Crippen molar-refractivity contribution >= 4 is 18.0 Å². The number of carbonyl (C=O) groups is 3. The Hall–Kier alpha value is -5.48. The van der Waals surface area contributed by atoms with Crippen LogP contribution in [-0.4, -0.2) is 99.3 Å². The number of carboxylic acid groups (broad SMARTS) is 1. The number of aliphatic hydroxyl groups is 3. The number of aryl methyl sites for hydroxylation is 1. The van der Waals surface area contributed by atoms with Crippen LogP contribution in [0.5, 0.6) is 17.2 Å². The molecule has 0 saturated carbocycles. The molecule has 4 aromatic rings. The van der Waals surface area contributed by atoms with Crippen molar-refractivity contribution in [2.45, 2.75) is 50.6 Å². The van der Waals surface area contributed by atoms with Gasteiger partial charge in [-0.2, -0.15) is 0 Å². The molecule has 0 radical (unpaired) electrons. The van der Waals surface area contributed by atoms with Gasteiger partial charge >= 0.3 is 18.0 Å². The summed E-state index contributed by atoms with van der Waals surface area (Å²) in [5, 5.41) is 39.5. The molecule has 4 N–H and O–H groups in total. The molecule has 0 unspecified atom stereocenters. The van der Waals surface area contributed by atoms with Crippen LogP contribution in [0, 0.1) is 6.92 Å². The third-order valence-electron chi connectivity index (χ3n) is 7.72. The molecule has 1 amide bonds. The molecule has 5 rings (SSSR count). The number of esters is 1. The average molecular weight is 693 g/mol. The minimum absolute atomic E-state index is 0.141. The highest BCUT2D eigenvalue weighted by atomic mass is 16.7. The SMILES string of the molecule is COc1ccc(OC(=O)N(CC(=O)O[C@H]2O[C@@H](C(=O)O)[C@H](O)[C@@H](O)[C@@H]2O)Cc2ccc(OCCc3nc(-c4ccccc4)oc3C)cc2)cc1. The number of methoxy groups -OCH3 is 1. The van der Waals surface area contributed by atoms with Crippen molar-refractivity contribution in [3.05, 3.63) is 95.9 Å². The lowest BCUT2D eigenvalue weighted by Gasteiger charge is -2.38. The Labute approximate surface area is 286 Å². The van der Waals surface area contributed by atoms with Crippen LogP contribution in [0.2, 0.25) is 0 Å². The molecule has 0 bridgehead atoms. The summed E-state index contributed by atoms with van der Waals surface area (Å²) < 4.78 is 32.4. The summed E-state index contributed by atoms with van der Waals surface area (Å²) in [5.74, 6) is -0.309. The first-order valence-electron chi connectivity index (χ1n) is 15.5. The highest BCUT2D eigenvalue weighted by Gasteiger charge is 2.48. The molecule has 5 atom stereocenters. The number of carbonyl (C=O) groups excluding carboxylic acids is 2. The molecule has 0 aliphatic carbocycles. The lowest BCUT2D eigenvalue weighted by molar-refractivity contribution is -0.286. The van der Waals surface area contributed by atoms with Gasteiger partial charge in [-0.25, -0.2) is 14.6 Å². The van der Waals surface area contributed by atoms with Crippen molar-refractivity contribution in [1.29, 1.82) is 0 Å². The normalized spacial score (nSPS) is 20.1. The van der Waals surface area contributed by atoms with Gasteiger partial charge in [-0.3, -0.25) is 9.69 Å². The van der Waals surface area contributed by atoms with Crippen molar-refractivity contribution < 1.29 is 62.9 Å². The maximum Gasteiger partial charge on any atom is 0.416 e. The van der Waals surface area contributed by atoms with Crippen LogP contribution < -0.4 is 14.2 Å². The van der Waals surface area contributed by atoms with Gasteiger partial charge in [0.15, 0.2) is 6.10 Å². The van der Waals surface area contributed by atoms with E-state index in [-0.39, 0.29) is 12.3 Å². The molecule has 3 aromatic carbocycles. The van der Waals surface area contributed by atoms with E-state index in [2.05, 4.69) is 4.98 Å². The summed E-state index contributed by atoms with van der Waals surface area (Å²) in [6.07, 6.45) is -10.3. The minimum atomic E-state index is -1.98. The first-order chi connectivity index (χ1) is 24.0. The van der Waals surface area contributed by atoms with Gasteiger partial charge in [0.1, 0.15) is 47.9 Å². The highest BCUT2D eigenvalue weighted by Crippen LogP contribution is 2.25. The Kier molecular flexibility index (Phi) is 11.7. The molecular weight excluding hydrogens is 656 g/mol. The van der Waals surface area contributed by atoms with E-state index in [0.717, 1.165) is 16.2 Å². The summed E-state index contributed by atoms with van der Waals surface area (Å²) in [5.41, 5.74) is 2.22. The Morgan fingerprint density at radius 1 is 0.860 bits per heavy atom. The van der Waals surface area contributed by atoms with E-state index in [0.29, 0.717) is 41.7 Å². The van der Waals surface area contributed by atoms with Gasteiger partial charge < -0.3 is 48.5 Å². The fourth-order valence-electron chi connectivity index (χ4n) is 5.01. The fourth-order valence-corrected chi connectivity index (χ4v) is 5.01. The van der Waals surface area contributed by atoms with E-state index in [1.165, 1.54) is 19.2 Å². The van der Waals surface area contributed by atoms with Crippen molar-refractivity contribution in [2.24, 2.45) is 0 Å². The quantitative estimate of drug-likeness (QED) is 0.149. The van der Waals surface area contributed by atoms with Crippen molar-refractivity contribution in [3.8, 4) is 28.7 Å². The third kappa shape index (κ3) is 8.95. The van der Waals surface area contributed by atoms with Gasteiger partial charge in [-0.05, 0) is 61.0 Å². The van der Waals surface area contributed by atoms with Gasteiger partial charge in [0.25, 0.3) is 0 Å². The van der Waals surface area contributed by atoms with Crippen LogP contribution in [0.25, 0.3) is 11.5 Å². The Morgan fingerprint density at radius 2 is 1.52 bits per heavy atom. The zero-order chi connectivity index (χ0) is 35.8. The number of aliphatic hydroxyl groups excluding tert-OH is 3. The topological polar surface area (TPSA) is 208 Å². The van der Waals surface area contributed by atoms with Gasteiger partial charge in [-0.15, -0.1) is 0 Å². The van der Waals surface area contributed by atoms with Crippen molar-refractivity contribution in [2.75, 3.05) is 20.3 Å². The largest absolute Gasteiger partial charge is 0.497 e. The smallest absolute Gasteiger partial charge is 0.416 e. The number of amides is 1. The monoisotopic (exact) mass is 692 g/mol. The molecule has 15 nitrogen and oxygen atoms in total. The summed E-state index contributed by atoms with van der Waals surface area (Å²) in [6, 6.07) is 22.5. The number of aromatic nitrogens is 1. The number of ether oxygens (including phenoxy) is 5. The second-order valence-corrected chi connectivity index (χ2v) is 11.3. The highest BCUT2D eigenvalue weighted by molar-refractivity contribution is 5.79. The Morgan fingerprint density at radius 3 is 2.18 bits per heavy atom. The van der Waals surface area contributed by atoms with E-state index in [9.17, 15) is 34.8 Å². The van der Waals surface area contributed by atoms with Gasteiger partial charge in [0, 0.05) is 18.5 Å². The minimum Gasteiger partial charge on any atom is -0.497 e. The van der Waals surface area contributed by atoms with Crippen LogP contribution >= 0.6 is 0 Å². The molecule has 15 heteroatoms. The molecule has 2 heterocycles. The summed E-state index contributed by atoms with van der Waals surface area (Å²) in [4.78, 5) is 43.2. The zero-order valence-electron chi connectivity index (χ0n) is 27.1. The molecule has 1 aromatic heterocycles. The number of hydrogen-bond acceptors (Lipinski definition) is 13. The summed E-state index contributed by atoms with van der Waals surface area (Å²) in [6.45, 7) is 1.29. The number of oxazole rings is 1. The van der Waals surface area contributed by atoms with E-state index in [1.54, 1.807) is 36.4 Å². The number of rotatable bonds is 13. The Balaban J connectivity index is 1.22. The predicted octanol–water partition coefficient (Wildman–Crippen LogP) is 2.72. The second-order valence-electron chi connectivity index (χ2n) is 11.3. The second kappa shape index (κ2) is 16.3. The number of nitrogens with zero attached hydrogens (tertiary/aromatic N) is 2. The van der Waals surface area contributed by atoms with Gasteiger partial charge in [0.2, 0.25) is 12.2 Å². The molecule has 264 valence electrons. The lowest BCUT2D eigenvalue weighted by atomic mass is 9.99. The van der Waals surface area contributed by atoms with E-state index < -0.39 is 55.3 Å². The standard InChI is InChI=1S/C35H36N2O13/c1-20-26(36-32(47-20)22-6-4-3-5-7-22)16-17-46-24-10-8-21(9-11-24)18-37(35(44)48-25-14-12-23(45-2)13-15-25)19-27(38)49-34-30(41)28(39)29(40)31(50-34)33(42)43/h3-15,28-31,34,39-41H,16-19H2,1-2H3,(H,42,43)/t28-,29-,30+,31-,34+/m1/s1. The first kappa shape index (κ1) is 35.8. The first-order valence-corrected chi connectivity index (χ1v) is 15.5. The zero-order valence-corrected chi connectivity index (χ0v) is 27.1. The lowest BCUT2D eigenvalue weighted by Crippen LogP contribution is -2.60. The van der Waals surface area contributed by atoms with Crippen LogP contribution in [0.15, 0.2) is 83.3 Å². The van der Waals surface area contributed by atoms with Crippen LogP contribution in [0.1, 0.15) is 17.0 Å². The maximum absolute atomic E-state index is 13.3. The molecule has 1 aliphatic rings. The van der Waals surface area contributed by atoms with Crippen molar-refractivity contribution in [3.63, 3.8) is 0 Å². The van der Waals surface area contributed by atoms with Crippen LogP contribution in [0.3, 0.4) is 0 Å². The number of carboxylic acids is 1. The molecule has 1 saturated heterocycles. The fraction of sp³-hybridized carbons (Fsp3) is 0.314. The van der Waals surface area contributed by atoms with E-state index in [4.69, 9.17) is 28.1 Å². The van der Waals surface area contributed by atoms with E-state index >= 15 is 0 Å². The summed E-state index contributed by atoms with van der Waals surface area (Å²) in [7, 11) is 1.48. The number of benzene rings is 3. The van der Waals surface area contributed by atoms with Crippen molar-refractivity contribution in [1.82, 2.24) is 9.88 Å². The molecule has 1 aliphatic heterocycles. The predicted molar refractivity (Wildman–Crippen MR) is 172 cm³/mol. The van der Waals surface area contributed by atoms with E-state index in [1.807, 2.05) is 37.3 Å². The molecule has 50 heavy (non-hydrogen) atoms. The summed E-state index contributed by atoms with van der Waals surface area (Å²) >= 11 is 0. The third-order valence-corrected chi connectivity index (χ3v) is 7.72. The molecular formula is C35H36N2O13. The van der Waals surface area contributed by atoms with Crippen LogP contribution in [0.4, 0.5) is 4.79 Å². The Bertz CT molecular complexity index is 1740. The maximum atomic E-state index is 13.3.